The lowest BCUT2D eigenvalue weighted by molar-refractivity contribution is -0.155. The number of ketones is 1. The zero-order valence-electron chi connectivity index (χ0n) is 11.8. The predicted molar refractivity (Wildman–Crippen MR) is 72.4 cm³/mol. The van der Waals surface area contributed by atoms with Crippen LogP contribution in [0.1, 0.15) is 44.5 Å². The number of benzene rings is 1. The summed E-state index contributed by atoms with van der Waals surface area (Å²) in [4.78, 5) is 23.3. The number of ether oxygens (including phenoxy) is 2. The van der Waals surface area contributed by atoms with Gasteiger partial charge in [0, 0.05) is 0 Å². The van der Waals surface area contributed by atoms with Crippen LogP contribution < -0.4 is 4.74 Å². The Bertz CT molecular complexity index is 451. The van der Waals surface area contributed by atoms with Gasteiger partial charge in [-0.3, -0.25) is 4.79 Å². The molecule has 0 bridgehead atoms. The van der Waals surface area contributed by atoms with Gasteiger partial charge in [-0.2, -0.15) is 0 Å². The van der Waals surface area contributed by atoms with Gasteiger partial charge in [0.15, 0.2) is 11.9 Å². The smallest absolute Gasteiger partial charge is 0.347 e. The minimum atomic E-state index is -0.692. The third kappa shape index (κ3) is 4.39. The highest BCUT2D eigenvalue weighted by Gasteiger charge is 2.22. The normalized spacial score (nSPS) is 12.1. The molecule has 1 atom stereocenters. The topological polar surface area (TPSA) is 52.6 Å². The van der Waals surface area contributed by atoms with E-state index in [1.54, 1.807) is 38.1 Å². The molecule has 0 aliphatic carbocycles. The van der Waals surface area contributed by atoms with Crippen LogP contribution in [0.25, 0.3) is 0 Å². The zero-order valence-corrected chi connectivity index (χ0v) is 11.8. The fraction of sp³-hybridized carbons (Fsp3) is 0.467. The van der Waals surface area contributed by atoms with E-state index in [9.17, 15) is 9.59 Å². The van der Waals surface area contributed by atoms with Crippen LogP contribution in [0.3, 0.4) is 0 Å². The molecule has 1 unspecified atom stereocenters. The molecule has 0 aromatic heterocycles. The average molecular weight is 264 g/mol. The minimum Gasteiger partial charge on any atom is -0.478 e. The maximum Gasteiger partial charge on any atom is 0.347 e. The molecule has 1 aromatic carbocycles. The van der Waals surface area contributed by atoms with Crippen molar-refractivity contribution in [1.29, 1.82) is 0 Å². The Labute approximate surface area is 113 Å². The molecule has 1 aromatic rings. The van der Waals surface area contributed by atoms with E-state index < -0.39 is 12.1 Å². The summed E-state index contributed by atoms with van der Waals surface area (Å²) in [5, 5.41) is 0. The van der Waals surface area contributed by atoms with Crippen molar-refractivity contribution in [3.05, 3.63) is 29.8 Å². The Morgan fingerprint density at radius 1 is 1.21 bits per heavy atom. The fourth-order valence-corrected chi connectivity index (χ4v) is 1.62. The lowest BCUT2D eigenvalue weighted by Gasteiger charge is -2.19. The highest BCUT2D eigenvalue weighted by atomic mass is 16.6. The standard InChI is InChI=1S/C15H20O4/c1-5-13(15(17)18-10(2)3)19-14-9-7-6-8-12(14)11(4)16/h6-10,13H,5H2,1-4H3. The SMILES string of the molecule is CCC(Oc1ccccc1C(C)=O)C(=O)OC(C)C. The lowest BCUT2D eigenvalue weighted by Crippen LogP contribution is -2.31. The summed E-state index contributed by atoms with van der Waals surface area (Å²) in [6.45, 7) is 6.88. The van der Waals surface area contributed by atoms with Crippen LogP contribution in [0.5, 0.6) is 5.75 Å². The lowest BCUT2D eigenvalue weighted by atomic mass is 10.1. The van der Waals surface area contributed by atoms with Gasteiger partial charge >= 0.3 is 5.97 Å². The van der Waals surface area contributed by atoms with E-state index in [0.717, 1.165) is 0 Å². The molecule has 0 spiro atoms. The Kier molecular flexibility index (Phi) is 5.55. The van der Waals surface area contributed by atoms with E-state index in [2.05, 4.69) is 0 Å². The van der Waals surface area contributed by atoms with Gasteiger partial charge in [-0.05, 0) is 39.3 Å². The van der Waals surface area contributed by atoms with E-state index >= 15 is 0 Å². The maximum atomic E-state index is 11.8. The van der Waals surface area contributed by atoms with Crippen LogP contribution in [0.4, 0.5) is 0 Å². The van der Waals surface area contributed by atoms with E-state index in [0.29, 0.717) is 17.7 Å². The van der Waals surface area contributed by atoms with Crippen molar-refractivity contribution < 1.29 is 19.1 Å². The van der Waals surface area contributed by atoms with Gasteiger partial charge in [0.1, 0.15) is 5.75 Å². The minimum absolute atomic E-state index is 0.0947. The molecule has 104 valence electrons. The monoisotopic (exact) mass is 264 g/mol. The van der Waals surface area contributed by atoms with Crippen molar-refractivity contribution >= 4 is 11.8 Å². The van der Waals surface area contributed by atoms with Gasteiger partial charge < -0.3 is 9.47 Å². The third-order valence-electron chi connectivity index (χ3n) is 2.52. The Balaban J connectivity index is 2.87. The van der Waals surface area contributed by atoms with Crippen LogP contribution in [-0.2, 0) is 9.53 Å². The molecule has 0 aliphatic heterocycles. The molecule has 0 fully saturated rings. The molecule has 0 N–H and O–H groups in total. The number of carbonyl (C=O) groups excluding carboxylic acids is 2. The Morgan fingerprint density at radius 2 is 1.84 bits per heavy atom. The Morgan fingerprint density at radius 3 is 2.37 bits per heavy atom. The van der Waals surface area contributed by atoms with Gasteiger partial charge in [-0.1, -0.05) is 19.1 Å². The molecule has 0 amide bonds. The summed E-state index contributed by atoms with van der Waals surface area (Å²) >= 11 is 0. The number of carbonyl (C=O) groups is 2. The second-order valence-electron chi connectivity index (χ2n) is 4.55. The van der Waals surface area contributed by atoms with Crippen LogP contribution in [-0.4, -0.2) is 24.0 Å². The average Bonchev–Trinajstić information content (AvgIpc) is 2.35. The van der Waals surface area contributed by atoms with Crippen molar-refractivity contribution in [3.8, 4) is 5.75 Å². The molecule has 0 saturated heterocycles. The molecule has 0 saturated carbocycles. The van der Waals surface area contributed by atoms with Crippen molar-refractivity contribution in [1.82, 2.24) is 0 Å². The molecular formula is C15H20O4. The van der Waals surface area contributed by atoms with Gasteiger partial charge in [-0.15, -0.1) is 0 Å². The number of rotatable bonds is 6. The van der Waals surface area contributed by atoms with Crippen LogP contribution in [0, 0.1) is 0 Å². The van der Waals surface area contributed by atoms with E-state index in [4.69, 9.17) is 9.47 Å². The quantitative estimate of drug-likeness (QED) is 0.585. The molecule has 0 radical (unpaired) electrons. The van der Waals surface area contributed by atoms with Crippen molar-refractivity contribution in [3.63, 3.8) is 0 Å². The highest BCUT2D eigenvalue weighted by Crippen LogP contribution is 2.21. The number of esters is 1. The number of hydrogen-bond acceptors (Lipinski definition) is 4. The second-order valence-corrected chi connectivity index (χ2v) is 4.55. The predicted octanol–water partition coefficient (Wildman–Crippen LogP) is 3.00. The molecule has 0 heterocycles. The van der Waals surface area contributed by atoms with Gasteiger partial charge in [0.2, 0.25) is 0 Å². The molecule has 1 rings (SSSR count). The van der Waals surface area contributed by atoms with E-state index in [-0.39, 0.29) is 11.9 Å². The number of hydrogen-bond donors (Lipinski definition) is 0. The summed E-state index contributed by atoms with van der Waals surface area (Å²) < 4.78 is 10.8. The first-order valence-electron chi connectivity index (χ1n) is 6.42. The first-order valence-corrected chi connectivity index (χ1v) is 6.42. The van der Waals surface area contributed by atoms with Crippen molar-refractivity contribution in [2.24, 2.45) is 0 Å². The van der Waals surface area contributed by atoms with E-state index in [1.165, 1.54) is 6.92 Å². The molecule has 0 aliphatic rings. The van der Waals surface area contributed by atoms with Gasteiger partial charge in [0.25, 0.3) is 0 Å². The summed E-state index contributed by atoms with van der Waals surface area (Å²) in [7, 11) is 0. The third-order valence-corrected chi connectivity index (χ3v) is 2.52. The maximum absolute atomic E-state index is 11.8. The molecule has 19 heavy (non-hydrogen) atoms. The fourth-order valence-electron chi connectivity index (χ4n) is 1.62. The molecule has 4 nitrogen and oxygen atoms in total. The largest absolute Gasteiger partial charge is 0.478 e. The number of Topliss-reactive ketones (excluding diaryl/α,β-unsaturated/α-hetero) is 1. The second kappa shape index (κ2) is 6.92. The highest BCUT2D eigenvalue weighted by molar-refractivity contribution is 5.96. The van der Waals surface area contributed by atoms with Crippen LogP contribution in [0.15, 0.2) is 24.3 Å². The van der Waals surface area contributed by atoms with Gasteiger partial charge in [0.05, 0.1) is 11.7 Å². The summed E-state index contributed by atoms with van der Waals surface area (Å²) in [6.07, 6.45) is -0.395. The zero-order chi connectivity index (χ0) is 14.4. The number of para-hydroxylation sites is 1. The first kappa shape index (κ1) is 15.2. The van der Waals surface area contributed by atoms with Crippen LogP contribution in [0.2, 0.25) is 0 Å². The summed E-state index contributed by atoms with van der Waals surface area (Å²) in [6, 6.07) is 6.89. The van der Waals surface area contributed by atoms with Gasteiger partial charge in [-0.25, -0.2) is 4.79 Å². The first-order chi connectivity index (χ1) is 8.95. The van der Waals surface area contributed by atoms with Crippen molar-refractivity contribution in [2.75, 3.05) is 0 Å². The van der Waals surface area contributed by atoms with Crippen LogP contribution >= 0.6 is 0 Å². The summed E-state index contributed by atoms with van der Waals surface area (Å²) in [5.74, 6) is -0.0823. The van der Waals surface area contributed by atoms with Crippen molar-refractivity contribution in [2.45, 2.75) is 46.3 Å². The van der Waals surface area contributed by atoms with E-state index in [1.807, 2.05) is 6.92 Å². The summed E-state index contributed by atoms with van der Waals surface area (Å²) in [5.41, 5.74) is 0.471. The molecular weight excluding hydrogens is 244 g/mol. The molecule has 4 heteroatoms. The Hall–Kier alpha value is -1.84.